The average molecular weight is 521 g/mol. The van der Waals surface area contributed by atoms with E-state index < -0.39 is 18.2 Å². The molecule has 0 aliphatic carbocycles. The summed E-state index contributed by atoms with van der Waals surface area (Å²) < 4.78 is 52.0. The molecule has 1 amide bonds. The highest BCUT2D eigenvalue weighted by Gasteiger charge is 2.35. The lowest BCUT2D eigenvalue weighted by Gasteiger charge is -2.31. The number of fused-ring (bicyclic) bond motifs is 1. The van der Waals surface area contributed by atoms with Crippen LogP contribution in [-0.2, 0) is 33.6 Å². The number of carbonyl (C=O) groups excluding carboxylic acids is 1. The van der Waals surface area contributed by atoms with E-state index in [1.807, 2.05) is 30.5 Å². The standard InChI is InChI=1S/C25H27F3N4O3S/c1-15-11-21(25(26,27)28)30-32(15)12-22(33)31-9-7-17(8-10-31)23-29-20(14-36-23)24-34-13-18-5-3-4-6-19(18)16(2)35-24/h3-6,11,14,16-17,24H,7-10,12-13H2,1-2H3. The highest BCUT2D eigenvalue weighted by atomic mass is 32.1. The summed E-state index contributed by atoms with van der Waals surface area (Å²) in [6.45, 7) is 4.82. The first kappa shape index (κ1) is 24.9. The largest absolute Gasteiger partial charge is 0.435 e. The van der Waals surface area contributed by atoms with E-state index in [1.165, 1.54) is 6.92 Å². The number of hydrogen-bond acceptors (Lipinski definition) is 6. The molecular formula is C25H27F3N4O3S. The summed E-state index contributed by atoms with van der Waals surface area (Å²) in [5.74, 6) is -0.0292. The molecule has 1 fully saturated rings. The highest BCUT2D eigenvalue weighted by molar-refractivity contribution is 7.09. The summed E-state index contributed by atoms with van der Waals surface area (Å²) in [6.07, 6.45) is -3.71. The Balaban J connectivity index is 1.17. The Labute approximate surface area is 210 Å². The van der Waals surface area contributed by atoms with Crippen LogP contribution in [0, 0.1) is 6.92 Å². The summed E-state index contributed by atoms with van der Waals surface area (Å²) in [4.78, 5) is 19.2. The molecule has 0 radical (unpaired) electrons. The molecule has 0 spiro atoms. The van der Waals surface area contributed by atoms with Gasteiger partial charge in [0.15, 0.2) is 5.69 Å². The van der Waals surface area contributed by atoms with Crippen LogP contribution in [0.3, 0.4) is 0 Å². The molecule has 0 bridgehead atoms. The van der Waals surface area contributed by atoms with E-state index in [1.54, 1.807) is 16.2 Å². The molecule has 2 aromatic heterocycles. The number of likely N-dealkylation sites (tertiary alicyclic amines) is 1. The van der Waals surface area contributed by atoms with E-state index in [2.05, 4.69) is 11.2 Å². The van der Waals surface area contributed by atoms with Crippen molar-refractivity contribution in [1.82, 2.24) is 19.7 Å². The number of aryl methyl sites for hydroxylation is 1. The van der Waals surface area contributed by atoms with Gasteiger partial charge in [-0.25, -0.2) is 4.98 Å². The van der Waals surface area contributed by atoms with Gasteiger partial charge in [0.05, 0.1) is 17.7 Å². The molecule has 2 unspecified atom stereocenters. The van der Waals surface area contributed by atoms with E-state index in [0.29, 0.717) is 25.4 Å². The van der Waals surface area contributed by atoms with Crippen LogP contribution in [0.4, 0.5) is 13.2 Å². The number of hydrogen-bond donors (Lipinski definition) is 0. The second kappa shape index (κ2) is 9.95. The van der Waals surface area contributed by atoms with Crippen LogP contribution < -0.4 is 0 Å². The number of rotatable bonds is 4. The third-order valence-electron chi connectivity index (χ3n) is 6.75. The normalized spacial score (nSPS) is 21.3. The first-order chi connectivity index (χ1) is 17.2. The molecule has 5 rings (SSSR count). The quantitative estimate of drug-likeness (QED) is 0.462. The number of thiazole rings is 1. The van der Waals surface area contributed by atoms with Crippen LogP contribution in [0.5, 0.6) is 0 Å². The second-order valence-electron chi connectivity index (χ2n) is 9.21. The fourth-order valence-corrected chi connectivity index (χ4v) is 5.68. The molecule has 0 saturated carbocycles. The van der Waals surface area contributed by atoms with Crippen molar-refractivity contribution in [3.05, 3.63) is 68.9 Å². The van der Waals surface area contributed by atoms with Crippen LogP contribution in [0.2, 0.25) is 0 Å². The summed E-state index contributed by atoms with van der Waals surface area (Å²) in [7, 11) is 0. The predicted molar refractivity (Wildman–Crippen MR) is 126 cm³/mol. The van der Waals surface area contributed by atoms with E-state index in [-0.39, 0.29) is 24.5 Å². The molecule has 192 valence electrons. The lowest BCUT2D eigenvalue weighted by molar-refractivity contribution is -0.173. The van der Waals surface area contributed by atoms with Crippen molar-refractivity contribution in [3.8, 4) is 0 Å². The van der Waals surface area contributed by atoms with Gasteiger partial charge >= 0.3 is 6.18 Å². The van der Waals surface area contributed by atoms with Crippen LogP contribution in [0.25, 0.3) is 0 Å². The molecule has 1 aromatic carbocycles. The number of piperidine rings is 1. The van der Waals surface area contributed by atoms with Crippen molar-refractivity contribution in [2.24, 2.45) is 0 Å². The minimum atomic E-state index is -4.53. The van der Waals surface area contributed by atoms with E-state index in [0.717, 1.165) is 45.4 Å². The number of benzene rings is 1. The van der Waals surface area contributed by atoms with Crippen LogP contribution in [0.1, 0.15) is 71.3 Å². The number of alkyl halides is 3. The summed E-state index contributed by atoms with van der Waals surface area (Å²) >= 11 is 1.57. The topological polar surface area (TPSA) is 69.5 Å². The minimum absolute atomic E-state index is 0.112. The van der Waals surface area contributed by atoms with Gasteiger partial charge in [-0.05, 0) is 43.9 Å². The van der Waals surface area contributed by atoms with E-state index in [9.17, 15) is 18.0 Å². The van der Waals surface area contributed by atoms with Crippen LogP contribution in [0.15, 0.2) is 35.7 Å². The first-order valence-corrected chi connectivity index (χ1v) is 12.8. The third kappa shape index (κ3) is 5.18. The zero-order valence-corrected chi connectivity index (χ0v) is 20.8. The number of amides is 1. The van der Waals surface area contributed by atoms with Gasteiger partial charge in [0.1, 0.15) is 12.2 Å². The fourth-order valence-electron chi connectivity index (χ4n) is 4.69. The highest BCUT2D eigenvalue weighted by Crippen LogP contribution is 2.37. The summed E-state index contributed by atoms with van der Waals surface area (Å²) in [6, 6.07) is 9.04. The Morgan fingerprint density at radius 1 is 1.22 bits per heavy atom. The maximum atomic E-state index is 12.9. The van der Waals surface area contributed by atoms with Crippen LogP contribution >= 0.6 is 11.3 Å². The van der Waals surface area contributed by atoms with Gasteiger partial charge in [-0.15, -0.1) is 11.3 Å². The molecule has 1 saturated heterocycles. The molecule has 3 aromatic rings. The van der Waals surface area contributed by atoms with Crippen molar-refractivity contribution in [3.63, 3.8) is 0 Å². The van der Waals surface area contributed by atoms with Crippen molar-refractivity contribution >= 4 is 17.2 Å². The van der Waals surface area contributed by atoms with Gasteiger partial charge < -0.3 is 14.4 Å². The molecule has 4 heterocycles. The number of ether oxygens (including phenoxy) is 2. The van der Waals surface area contributed by atoms with Crippen molar-refractivity contribution in [2.45, 2.75) is 64.3 Å². The zero-order valence-electron chi connectivity index (χ0n) is 20.0. The van der Waals surface area contributed by atoms with Gasteiger partial charge in [-0.3, -0.25) is 9.48 Å². The molecular weight excluding hydrogens is 493 g/mol. The van der Waals surface area contributed by atoms with Gasteiger partial charge in [0.2, 0.25) is 12.2 Å². The molecule has 36 heavy (non-hydrogen) atoms. The Bertz CT molecular complexity index is 1230. The molecule has 11 heteroatoms. The summed E-state index contributed by atoms with van der Waals surface area (Å²) in [5.41, 5.74) is 2.31. The van der Waals surface area contributed by atoms with Crippen molar-refractivity contribution in [2.75, 3.05) is 13.1 Å². The number of carbonyl (C=O) groups is 1. The smallest absolute Gasteiger partial charge is 0.342 e. The van der Waals surface area contributed by atoms with Gasteiger partial charge in [-0.1, -0.05) is 24.3 Å². The number of halogens is 3. The Hall–Kier alpha value is -2.76. The molecule has 2 atom stereocenters. The summed E-state index contributed by atoms with van der Waals surface area (Å²) in [5, 5.41) is 6.52. The van der Waals surface area contributed by atoms with E-state index >= 15 is 0 Å². The Morgan fingerprint density at radius 2 is 1.97 bits per heavy atom. The molecule has 7 nitrogen and oxygen atoms in total. The molecule has 0 N–H and O–H groups in total. The minimum Gasteiger partial charge on any atom is -0.342 e. The van der Waals surface area contributed by atoms with Crippen molar-refractivity contribution < 1.29 is 27.4 Å². The molecule has 2 aliphatic rings. The second-order valence-corrected chi connectivity index (χ2v) is 10.1. The van der Waals surface area contributed by atoms with Gasteiger partial charge in [0.25, 0.3) is 0 Å². The lowest BCUT2D eigenvalue weighted by Crippen LogP contribution is -2.40. The Morgan fingerprint density at radius 3 is 2.69 bits per heavy atom. The predicted octanol–water partition coefficient (Wildman–Crippen LogP) is 5.38. The Kier molecular flexibility index (Phi) is 6.88. The van der Waals surface area contributed by atoms with Gasteiger partial charge in [-0.2, -0.15) is 18.3 Å². The van der Waals surface area contributed by atoms with E-state index in [4.69, 9.17) is 14.5 Å². The third-order valence-corrected chi connectivity index (χ3v) is 7.77. The van der Waals surface area contributed by atoms with Crippen LogP contribution in [-0.4, -0.2) is 38.7 Å². The van der Waals surface area contributed by atoms with Gasteiger partial charge in [0, 0.05) is 30.1 Å². The maximum Gasteiger partial charge on any atom is 0.435 e. The SMILES string of the molecule is Cc1cc(C(F)(F)F)nn1CC(=O)N1CCC(c2nc(C3OCc4ccccc4C(C)O3)cs2)CC1. The zero-order chi connectivity index (χ0) is 25.4. The van der Waals surface area contributed by atoms with Crippen molar-refractivity contribution in [1.29, 1.82) is 0 Å². The molecule has 2 aliphatic heterocycles. The maximum absolute atomic E-state index is 12.9. The number of aromatic nitrogens is 3. The lowest BCUT2D eigenvalue weighted by atomic mass is 9.97. The first-order valence-electron chi connectivity index (χ1n) is 11.9. The fraction of sp³-hybridized carbons (Fsp3) is 0.480. The monoisotopic (exact) mass is 520 g/mol. The average Bonchev–Trinajstić information content (AvgIpc) is 3.45. The number of nitrogens with zero attached hydrogens (tertiary/aromatic N) is 4.